The van der Waals surface area contributed by atoms with Crippen LogP contribution >= 0.6 is 0 Å². The van der Waals surface area contributed by atoms with Gasteiger partial charge in [0.25, 0.3) is 0 Å². The molecule has 5 nitrogen and oxygen atoms in total. The fourth-order valence-electron chi connectivity index (χ4n) is 1.43. The third kappa shape index (κ3) is 6.22. The largest absolute Gasteiger partial charge is 0.482 e. The van der Waals surface area contributed by atoms with Crippen molar-refractivity contribution in [2.24, 2.45) is 0 Å². The van der Waals surface area contributed by atoms with E-state index in [0.717, 1.165) is 25.2 Å². The second-order valence-corrected chi connectivity index (χ2v) is 4.31. The van der Waals surface area contributed by atoms with Crippen molar-refractivity contribution < 1.29 is 14.6 Å². The summed E-state index contributed by atoms with van der Waals surface area (Å²) in [6.07, 6.45) is 0. The molecule has 18 heavy (non-hydrogen) atoms. The highest BCUT2D eigenvalue weighted by Crippen LogP contribution is 2.12. The molecular formula is C13H20N2O3. The Morgan fingerprint density at radius 2 is 2.22 bits per heavy atom. The van der Waals surface area contributed by atoms with Crippen LogP contribution in [0.3, 0.4) is 0 Å². The third-order valence-corrected chi connectivity index (χ3v) is 2.33. The highest BCUT2D eigenvalue weighted by atomic mass is 16.5. The molecule has 0 unspecified atom stereocenters. The van der Waals surface area contributed by atoms with Gasteiger partial charge in [-0.2, -0.15) is 0 Å². The van der Waals surface area contributed by atoms with Crippen molar-refractivity contribution in [2.45, 2.75) is 6.54 Å². The maximum absolute atomic E-state index is 10.4. The molecule has 0 saturated heterocycles. The Balaban J connectivity index is 2.37. The maximum atomic E-state index is 10.4. The number of nitrogens with one attached hydrogen (secondary N) is 1. The molecule has 1 aromatic rings. The van der Waals surface area contributed by atoms with Gasteiger partial charge in [-0.3, -0.25) is 0 Å². The molecule has 0 radical (unpaired) electrons. The Bertz CT molecular complexity index is 380. The van der Waals surface area contributed by atoms with Gasteiger partial charge in [-0.15, -0.1) is 0 Å². The second-order valence-electron chi connectivity index (χ2n) is 4.31. The molecule has 2 N–H and O–H groups in total. The Morgan fingerprint density at radius 1 is 1.44 bits per heavy atom. The van der Waals surface area contributed by atoms with Crippen molar-refractivity contribution in [3.63, 3.8) is 0 Å². The van der Waals surface area contributed by atoms with Gasteiger partial charge in [-0.05, 0) is 31.8 Å². The van der Waals surface area contributed by atoms with Crippen LogP contribution in [0.15, 0.2) is 24.3 Å². The number of carbonyl (C=O) groups is 1. The fraction of sp³-hybridized carbons (Fsp3) is 0.462. The third-order valence-electron chi connectivity index (χ3n) is 2.33. The van der Waals surface area contributed by atoms with E-state index >= 15 is 0 Å². The van der Waals surface area contributed by atoms with Gasteiger partial charge in [0, 0.05) is 19.6 Å². The summed E-state index contributed by atoms with van der Waals surface area (Å²) in [5.41, 5.74) is 1.08. The van der Waals surface area contributed by atoms with E-state index in [0.29, 0.717) is 5.75 Å². The highest BCUT2D eigenvalue weighted by Gasteiger charge is 2.00. The van der Waals surface area contributed by atoms with Gasteiger partial charge in [-0.1, -0.05) is 12.1 Å². The molecule has 0 heterocycles. The first-order chi connectivity index (χ1) is 8.58. The van der Waals surface area contributed by atoms with Gasteiger partial charge in [0.2, 0.25) is 0 Å². The average Bonchev–Trinajstić information content (AvgIpc) is 2.32. The topological polar surface area (TPSA) is 61.8 Å². The standard InChI is InChI=1S/C13H20N2O3/c1-15(2)7-6-14-9-11-4-3-5-12(8-11)18-10-13(16)17/h3-5,8,14H,6-7,9-10H2,1-2H3,(H,16,17). The Morgan fingerprint density at radius 3 is 2.89 bits per heavy atom. The summed E-state index contributed by atoms with van der Waals surface area (Å²) in [6.45, 7) is 2.33. The van der Waals surface area contributed by atoms with Gasteiger partial charge >= 0.3 is 5.97 Å². The molecule has 0 aliphatic rings. The lowest BCUT2D eigenvalue weighted by atomic mass is 10.2. The summed E-state index contributed by atoms with van der Waals surface area (Å²) in [7, 11) is 4.06. The van der Waals surface area contributed by atoms with E-state index in [1.54, 1.807) is 6.07 Å². The van der Waals surface area contributed by atoms with E-state index in [-0.39, 0.29) is 6.61 Å². The number of hydrogen-bond donors (Lipinski definition) is 2. The van der Waals surface area contributed by atoms with Crippen LogP contribution in [0.1, 0.15) is 5.56 Å². The number of likely N-dealkylation sites (N-methyl/N-ethyl adjacent to an activating group) is 1. The molecule has 1 aromatic carbocycles. The molecule has 1 rings (SSSR count). The number of benzene rings is 1. The molecule has 0 aliphatic carbocycles. The summed E-state index contributed by atoms with van der Waals surface area (Å²) in [5.74, 6) is -0.381. The zero-order chi connectivity index (χ0) is 13.4. The minimum absolute atomic E-state index is 0.308. The van der Waals surface area contributed by atoms with E-state index in [1.807, 2.05) is 32.3 Å². The smallest absolute Gasteiger partial charge is 0.341 e. The van der Waals surface area contributed by atoms with Crippen molar-refractivity contribution in [3.05, 3.63) is 29.8 Å². The first kappa shape index (κ1) is 14.5. The first-order valence-electron chi connectivity index (χ1n) is 5.87. The molecule has 0 saturated carbocycles. The number of carboxylic acids is 1. The van der Waals surface area contributed by atoms with E-state index in [1.165, 1.54) is 0 Å². The predicted octanol–water partition coefficient (Wildman–Crippen LogP) is 0.801. The average molecular weight is 252 g/mol. The van der Waals surface area contributed by atoms with E-state index in [9.17, 15) is 4.79 Å². The summed E-state index contributed by atoms with van der Waals surface area (Å²) >= 11 is 0. The quantitative estimate of drug-likeness (QED) is 0.670. The minimum atomic E-state index is -0.968. The van der Waals surface area contributed by atoms with Crippen LogP contribution in [0.2, 0.25) is 0 Å². The summed E-state index contributed by atoms with van der Waals surface area (Å²) < 4.78 is 5.12. The molecule has 0 fully saturated rings. The molecule has 100 valence electrons. The Hall–Kier alpha value is -1.59. The van der Waals surface area contributed by atoms with Crippen molar-refractivity contribution in [1.82, 2.24) is 10.2 Å². The Kier molecular flexibility index (Phi) is 6.18. The summed E-state index contributed by atoms with van der Waals surface area (Å²) in [6, 6.07) is 7.45. The molecule has 5 heteroatoms. The predicted molar refractivity (Wildman–Crippen MR) is 69.8 cm³/mol. The van der Waals surface area contributed by atoms with Crippen LogP contribution in [0.25, 0.3) is 0 Å². The van der Waals surface area contributed by atoms with Crippen LogP contribution in [0.5, 0.6) is 5.75 Å². The maximum Gasteiger partial charge on any atom is 0.341 e. The zero-order valence-corrected chi connectivity index (χ0v) is 10.8. The molecule has 0 spiro atoms. The fourth-order valence-corrected chi connectivity index (χ4v) is 1.43. The molecule has 0 amide bonds. The van der Waals surface area contributed by atoms with Gasteiger partial charge in [0.15, 0.2) is 6.61 Å². The normalized spacial score (nSPS) is 10.6. The lowest BCUT2D eigenvalue weighted by molar-refractivity contribution is -0.139. The van der Waals surface area contributed by atoms with Gasteiger partial charge in [0.1, 0.15) is 5.75 Å². The number of aliphatic carboxylic acids is 1. The van der Waals surface area contributed by atoms with Crippen LogP contribution in [-0.2, 0) is 11.3 Å². The lowest BCUT2D eigenvalue weighted by Crippen LogP contribution is -2.26. The zero-order valence-electron chi connectivity index (χ0n) is 10.8. The van der Waals surface area contributed by atoms with Crippen molar-refractivity contribution in [1.29, 1.82) is 0 Å². The van der Waals surface area contributed by atoms with Crippen molar-refractivity contribution in [3.8, 4) is 5.75 Å². The molecular weight excluding hydrogens is 232 g/mol. The van der Waals surface area contributed by atoms with E-state index < -0.39 is 5.97 Å². The second kappa shape index (κ2) is 7.68. The number of carboxylic acid groups (broad SMARTS) is 1. The Labute approximate surface area is 107 Å². The number of hydrogen-bond acceptors (Lipinski definition) is 4. The molecule has 0 aliphatic heterocycles. The van der Waals surface area contributed by atoms with Gasteiger partial charge < -0.3 is 20.1 Å². The van der Waals surface area contributed by atoms with Crippen LogP contribution in [-0.4, -0.2) is 49.8 Å². The van der Waals surface area contributed by atoms with Crippen LogP contribution in [0, 0.1) is 0 Å². The number of nitrogens with zero attached hydrogens (tertiary/aromatic N) is 1. The summed E-state index contributed by atoms with van der Waals surface area (Å²) in [4.78, 5) is 12.5. The first-order valence-corrected chi connectivity index (χ1v) is 5.87. The molecule has 0 aromatic heterocycles. The van der Waals surface area contributed by atoms with Crippen molar-refractivity contribution >= 4 is 5.97 Å². The van der Waals surface area contributed by atoms with Gasteiger partial charge in [-0.25, -0.2) is 4.79 Å². The van der Waals surface area contributed by atoms with E-state index in [4.69, 9.17) is 9.84 Å². The number of rotatable bonds is 8. The lowest BCUT2D eigenvalue weighted by Gasteiger charge is -2.11. The highest BCUT2D eigenvalue weighted by molar-refractivity contribution is 5.68. The molecule has 0 bridgehead atoms. The minimum Gasteiger partial charge on any atom is -0.482 e. The van der Waals surface area contributed by atoms with Gasteiger partial charge in [0.05, 0.1) is 0 Å². The van der Waals surface area contributed by atoms with E-state index in [2.05, 4.69) is 10.2 Å². The van der Waals surface area contributed by atoms with Crippen LogP contribution in [0.4, 0.5) is 0 Å². The monoisotopic (exact) mass is 252 g/mol. The SMILES string of the molecule is CN(C)CCNCc1cccc(OCC(=O)O)c1. The summed E-state index contributed by atoms with van der Waals surface area (Å²) in [5, 5.41) is 11.8. The molecule has 0 atom stereocenters. The van der Waals surface area contributed by atoms with Crippen molar-refractivity contribution in [2.75, 3.05) is 33.8 Å². The van der Waals surface area contributed by atoms with Crippen LogP contribution < -0.4 is 10.1 Å². The number of ether oxygens (including phenoxy) is 1.